The van der Waals surface area contributed by atoms with Crippen molar-refractivity contribution in [3.8, 4) is 11.1 Å². The van der Waals surface area contributed by atoms with Gasteiger partial charge in [0.05, 0.1) is 0 Å². The third kappa shape index (κ3) is 3.95. The lowest BCUT2D eigenvalue weighted by atomic mass is 9.98. The summed E-state index contributed by atoms with van der Waals surface area (Å²) in [5.41, 5.74) is 4.34. The van der Waals surface area contributed by atoms with Crippen LogP contribution in [0.25, 0.3) is 11.1 Å². The highest BCUT2D eigenvalue weighted by molar-refractivity contribution is 5.81. The monoisotopic (exact) mass is 409 g/mol. The van der Waals surface area contributed by atoms with Gasteiger partial charge >= 0.3 is 17.8 Å². The minimum atomic E-state index is -1.21. The highest BCUT2D eigenvalue weighted by atomic mass is 16.5. The molecule has 1 atom stereocenters. The average Bonchev–Trinajstić information content (AvgIpc) is 3.30. The Hall–Kier alpha value is -3.88. The number of H-pyrrole nitrogens is 1. The number of hydrogen-bond donors (Lipinski definition) is 3. The Kier molecular flexibility index (Phi) is 5.34. The number of ether oxygens (including phenoxy) is 1. The number of carboxylic acids is 1. The van der Waals surface area contributed by atoms with Crippen LogP contribution in [0.5, 0.6) is 0 Å². The molecule has 1 aromatic heterocycles. The first-order chi connectivity index (χ1) is 14.5. The smallest absolute Gasteiger partial charge is 0.438 e. The number of rotatable bonds is 7. The fraction of sp³-hybridized carbons (Fsp3) is 0.238. The number of alkyl carbamates (subject to hydrolysis) is 1. The molecule has 0 aliphatic heterocycles. The second-order valence-electron chi connectivity index (χ2n) is 6.94. The number of carboxylic acid groups (broad SMARTS) is 1. The van der Waals surface area contributed by atoms with Crippen LogP contribution in [0.2, 0.25) is 0 Å². The van der Waals surface area contributed by atoms with Gasteiger partial charge in [-0.3, -0.25) is 9.51 Å². The SMILES string of the molecule is O=C(NC(CCc1noc(=O)[nH]1)C(=O)O)OCC1c2ccccc2-c2ccccc21. The Morgan fingerprint density at radius 3 is 2.33 bits per heavy atom. The van der Waals surface area contributed by atoms with Gasteiger partial charge in [0.1, 0.15) is 12.6 Å². The van der Waals surface area contributed by atoms with Gasteiger partial charge < -0.3 is 15.2 Å². The fourth-order valence-corrected chi connectivity index (χ4v) is 3.69. The zero-order chi connectivity index (χ0) is 21.1. The maximum Gasteiger partial charge on any atom is 0.438 e. The Bertz CT molecular complexity index is 1090. The summed E-state index contributed by atoms with van der Waals surface area (Å²) in [6.45, 7) is 0.0861. The van der Waals surface area contributed by atoms with E-state index in [2.05, 4.69) is 20.0 Å². The van der Waals surface area contributed by atoms with E-state index in [1.807, 2.05) is 48.5 Å². The number of amides is 1. The van der Waals surface area contributed by atoms with Crippen LogP contribution in [0, 0.1) is 0 Å². The Balaban J connectivity index is 1.39. The van der Waals surface area contributed by atoms with Crippen molar-refractivity contribution in [3.63, 3.8) is 0 Å². The first kappa shape index (κ1) is 19.4. The topological polar surface area (TPSA) is 135 Å². The Morgan fingerprint density at radius 2 is 1.77 bits per heavy atom. The van der Waals surface area contributed by atoms with Crippen molar-refractivity contribution >= 4 is 12.1 Å². The minimum absolute atomic E-state index is 0.0159. The van der Waals surface area contributed by atoms with E-state index >= 15 is 0 Å². The van der Waals surface area contributed by atoms with E-state index < -0.39 is 23.9 Å². The molecule has 2 aromatic carbocycles. The van der Waals surface area contributed by atoms with Gasteiger partial charge in [-0.1, -0.05) is 53.7 Å². The molecule has 9 heteroatoms. The number of aromatic amines is 1. The summed E-state index contributed by atoms with van der Waals surface area (Å²) in [5.74, 6) is -1.84. The molecule has 0 bridgehead atoms. The third-order valence-electron chi connectivity index (χ3n) is 5.09. The predicted octanol–water partition coefficient (Wildman–Crippen LogP) is 2.29. The molecule has 0 radical (unpaired) electrons. The van der Waals surface area contributed by atoms with E-state index in [0.29, 0.717) is 0 Å². The Labute approximate surface area is 170 Å². The summed E-state index contributed by atoms with van der Waals surface area (Å²) >= 11 is 0. The number of aliphatic carboxylic acids is 1. The molecule has 1 aliphatic rings. The van der Waals surface area contributed by atoms with Crippen LogP contribution in [0.1, 0.15) is 29.3 Å². The number of aromatic nitrogens is 2. The molecule has 154 valence electrons. The number of fused-ring (bicyclic) bond motifs is 3. The Morgan fingerprint density at radius 1 is 1.13 bits per heavy atom. The fourth-order valence-electron chi connectivity index (χ4n) is 3.69. The predicted molar refractivity (Wildman–Crippen MR) is 105 cm³/mol. The van der Waals surface area contributed by atoms with E-state index in [9.17, 15) is 19.5 Å². The number of carbonyl (C=O) groups excluding carboxylic acids is 1. The van der Waals surface area contributed by atoms with Crippen LogP contribution in [0.3, 0.4) is 0 Å². The van der Waals surface area contributed by atoms with E-state index in [1.165, 1.54) is 0 Å². The molecule has 0 spiro atoms. The lowest BCUT2D eigenvalue weighted by Gasteiger charge is -2.17. The van der Waals surface area contributed by atoms with Crippen molar-refractivity contribution in [2.45, 2.75) is 24.8 Å². The van der Waals surface area contributed by atoms with E-state index in [1.54, 1.807) is 0 Å². The molecular weight excluding hydrogens is 390 g/mol. The van der Waals surface area contributed by atoms with Gasteiger partial charge in [0, 0.05) is 12.3 Å². The van der Waals surface area contributed by atoms with Gasteiger partial charge in [-0.15, -0.1) is 0 Å². The van der Waals surface area contributed by atoms with Gasteiger partial charge in [-0.05, 0) is 28.7 Å². The molecule has 1 unspecified atom stereocenters. The number of nitrogens with zero attached hydrogens (tertiary/aromatic N) is 1. The highest BCUT2D eigenvalue weighted by Crippen LogP contribution is 2.44. The summed E-state index contributed by atoms with van der Waals surface area (Å²) in [5, 5.41) is 15.2. The molecule has 3 N–H and O–H groups in total. The summed E-state index contributed by atoms with van der Waals surface area (Å²) in [6, 6.07) is 14.7. The normalized spacial score (nSPS) is 13.3. The standard InChI is InChI=1S/C21H19N3O6/c25-19(26)17(9-10-18-23-21(28)30-24-18)22-20(27)29-11-16-14-7-3-1-5-12(14)13-6-2-4-8-15(13)16/h1-8,16-17H,9-11H2,(H,22,27)(H,25,26)(H,23,24,28). The van der Waals surface area contributed by atoms with Gasteiger partial charge in [-0.25, -0.2) is 14.4 Å². The second kappa shape index (κ2) is 8.24. The average molecular weight is 409 g/mol. The minimum Gasteiger partial charge on any atom is -0.480 e. The largest absolute Gasteiger partial charge is 0.480 e. The summed E-state index contributed by atoms with van der Waals surface area (Å²) in [7, 11) is 0. The number of benzene rings is 2. The van der Waals surface area contributed by atoms with E-state index in [-0.39, 0.29) is 31.2 Å². The molecule has 0 saturated carbocycles. The molecule has 4 rings (SSSR count). The molecule has 0 fully saturated rings. The quantitative estimate of drug-likeness (QED) is 0.545. The van der Waals surface area contributed by atoms with Crippen LogP contribution in [0.4, 0.5) is 4.79 Å². The van der Waals surface area contributed by atoms with Crippen molar-refractivity contribution in [3.05, 3.63) is 76.0 Å². The zero-order valence-electron chi connectivity index (χ0n) is 15.8. The summed E-state index contributed by atoms with van der Waals surface area (Å²) < 4.78 is 9.74. The molecule has 9 nitrogen and oxygen atoms in total. The van der Waals surface area contributed by atoms with Gasteiger partial charge in [0.25, 0.3) is 0 Å². The number of nitrogens with one attached hydrogen (secondary N) is 2. The first-order valence-electron chi connectivity index (χ1n) is 9.42. The van der Waals surface area contributed by atoms with Crippen molar-refractivity contribution in [1.82, 2.24) is 15.5 Å². The van der Waals surface area contributed by atoms with Crippen LogP contribution in [-0.2, 0) is 16.0 Å². The highest BCUT2D eigenvalue weighted by Gasteiger charge is 2.29. The second-order valence-corrected chi connectivity index (χ2v) is 6.94. The van der Waals surface area contributed by atoms with Crippen molar-refractivity contribution < 1.29 is 24.0 Å². The van der Waals surface area contributed by atoms with Crippen molar-refractivity contribution in [2.75, 3.05) is 6.61 Å². The van der Waals surface area contributed by atoms with Crippen molar-refractivity contribution in [1.29, 1.82) is 0 Å². The number of carbonyl (C=O) groups is 2. The van der Waals surface area contributed by atoms with Gasteiger partial charge in [0.2, 0.25) is 0 Å². The van der Waals surface area contributed by atoms with Gasteiger partial charge in [-0.2, -0.15) is 0 Å². The molecule has 1 aliphatic carbocycles. The number of hydrogen-bond acceptors (Lipinski definition) is 6. The third-order valence-corrected chi connectivity index (χ3v) is 5.09. The van der Waals surface area contributed by atoms with Crippen molar-refractivity contribution in [2.24, 2.45) is 0 Å². The molecule has 0 saturated heterocycles. The zero-order valence-corrected chi connectivity index (χ0v) is 15.8. The maximum atomic E-state index is 12.3. The van der Waals surface area contributed by atoms with Crippen LogP contribution >= 0.6 is 0 Å². The molecule has 1 amide bonds. The maximum absolute atomic E-state index is 12.3. The summed E-state index contributed by atoms with van der Waals surface area (Å²) in [4.78, 5) is 37.0. The first-order valence-corrected chi connectivity index (χ1v) is 9.42. The van der Waals surface area contributed by atoms with Crippen LogP contribution in [-0.4, -0.2) is 40.0 Å². The van der Waals surface area contributed by atoms with Crippen LogP contribution in [0.15, 0.2) is 57.8 Å². The molecule has 3 aromatic rings. The van der Waals surface area contributed by atoms with E-state index in [4.69, 9.17) is 4.74 Å². The van der Waals surface area contributed by atoms with Crippen LogP contribution < -0.4 is 11.1 Å². The lowest BCUT2D eigenvalue weighted by Crippen LogP contribution is -2.41. The lowest BCUT2D eigenvalue weighted by molar-refractivity contribution is -0.139. The molecule has 1 heterocycles. The molecule has 30 heavy (non-hydrogen) atoms. The summed E-state index contributed by atoms with van der Waals surface area (Å²) in [6.07, 6.45) is -0.688. The van der Waals surface area contributed by atoms with E-state index in [0.717, 1.165) is 22.3 Å². The van der Waals surface area contributed by atoms with Gasteiger partial charge in [0.15, 0.2) is 5.82 Å². The number of aryl methyl sites for hydroxylation is 1. The molecular formula is C21H19N3O6.